The third kappa shape index (κ3) is 7.98. The van der Waals surface area contributed by atoms with Crippen molar-refractivity contribution in [2.45, 2.75) is 110 Å². The highest BCUT2D eigenvalue weighted by atomic mass is 16.3. The maximum absolute atomic E-state index is 7.23. The molecule has 0 aliphatic heterocycles. The van der Waals surface area contributed by atoms with E-state index in [1.807, 2.05) is 0 Å². The van der Waals surface area contributed by atoms with Crippen molar-refractivity contribution in [2.75, 3.05) is 9.80 Å². The molecule has 0 N–H and O–H groups in total. The lowest BCUT2D eigenvalue weighted by molar-refractivity contribution is 0.590. The van der Waals surface area contributed by atoms with Gasteiger partial charge in [0, 0.05) is 39.2 Å². The summed E-state index contributed by atoms with van der Waals surface area (Å²) in [7, 11) is 0. The number of nitrogens with zero attached hydrogens (tertiary/aromatic N) is 2. The van der Waals surface area contributed by atoms with Gasteiger partial charge < -0.3 is 14.2 Å². The second kappa shape index (κ2) is 18.2. The number of hydrogen-bond donors (Lipinski definition) is 0. The highest BCUT2D eigenvalue weighted by molar-refractivity contribution is 6.23. The molecule has 0 fully saturated rings. The van der Waals surface area contributed by atoms with Gasteiger partial charge in [-0.1, -0.05) is 217 Å². The first-order valence-electron chi connectivity index (χ1n) is 29.4. The first-order chi connectivity index (χ1) is 39.2. The van der Waals surface area contributed by atoms with Crippen LogP contribution in [-0.4, -0.2) is 0 Å². The fourth-order valence-corrected chi connectivity index (χ4v) is 13.7. The highest BCUT2D eigenvalue weighted by Gasteiger charge is 2.52. The molecule has 2 aliphatic rings. The molecular weight excluding hydrogens is 993 g/mol. The Hall–Kier alpha value is -8.66. The predicted molar refractivity (Wildman–Crippen MR) is 349 cm³/mol. The summed E-state index contributed by atoms with van der Waals surface area (Å²) in [4.78, 5) is 4.90. The molecule has 0 atom stereocenters. The Bertz CT molecular complexity index is 4350. The van der Waals surface area contributed by atoms with Crippen LogP contribution >= 0.6 is 0 Å². The van der Waals surface area contributed by atoms with E-state index in [0.717, 1.165) is 66.8 Å². The quantitative estimate of drug-likeness (QED) is 0.165. The van der Waals surface area contributed by atoms with Crippen molar-refractivity contribution in [1.82, 2.24) is 0 Å². The number of benzene rings is 11. The third-order valence-corrected chi connectivity index (χ3v) is 18.1. The van der Waals surface area contributed by atoms with Crippen LogP contribution in [0.5, 0.6) is 0 Å². The Balaban J connectivity index is 1.03. The van der Waals surface area contributed by atoms with Gasteiger partial charge in [-0.25, -0.2) is 0 Å². The summed E-state index contributed by atoms with van der Waals surface area (Å²) in [6.07, 6.45) is 0. The third-order valence-electron chi connectivity index (χ3n) is 18.1. The van der Waals surface area contributed by atoms with Gasteiger partial charge in [-0.15, -0.1) is 0 Å². The normalized spacial score (nSPS) is 13.7. The molecule has 0 saturated heterocycles. The summed E-state index contributed by atoms with van der Waals surface area (Å²) in [5.41, 5.74) is 23.4. The second-order valence-corrected chi connectivity index (χ2v) is 27.4. The Morgan fingerprint density at radius 2 is 0.768 bits per heavy atom. The molecule has 1 heterocycles. The maximum atomic E-state index is 7.23. The van der Waals surface area contributed by atoms with Gasteiger partial charge >= 0.3 is 0 Å². The van der Waals surface area contributed by atoms with Crippen LogP contribution in [-0.2, 0) is 27.1 Å². The maximum Gasteiger partial charge on any atom is 0.145 e. The topological polar surface area (TPSA) is 19.6 Å². The molecule has 82 heavy (non-hydrogen) atoms. The van der Waals surface area contributed by atoms with Gasteiger partial charge in [0.2, 0.25) is 0 Å². The van der Waals surface area contributed by atoms with Gasteiger partial charge in [0.15, 0.2) is 0 Å². The first-order valence-corrected chi connectivity index (χ1v) is 29.4. The molecule has 3 heteroatoms. The highest BCUT2D eigenvalue weighted by Crippen LogP contribution is 2.65. The van der Waals surface area contributed by atoms with Crippen molar-refractivity contribution in [2.24, 2.45) is 0 Å². The van der Waals surface area contributed by atoms with E-state index in [0.29, 0.717) is 0 Å². The lowest BCUT2D eigenvalue weighted by Gasteiger charge is -2.32. The van der Waals surface area contributed by atoms with Crippen LogP contribution in [0.25, 0.3) is 65.7 Å². The van der Waals surface area contributed by atoms with Crippen LogP contribution in [0, 0.1) is 0 Å². The predicted octanol–water partition coefficient (Wildman–Crippen LogP) is 22.4. The SMILES string of the molecule is CC(C)(C)c1ccc(N(c2ccc(C(C)(C)C)cc2)c2ccc3c4c(ccc3c2)-c2cc3c(cc2C42c4ccccc4-c4ccccc42)cc(N(c2ccc(C(C)(C)C)cc2)c2ccc(C(C)(C)C)cc2)c2c4ccccc4oc32)cc1. The van der Waals surface area contributed by atoms with Crippen molar-refractivity contribution in [3.05, 3.63) is 263 Å². The van der Waals surface area contributed by atoms with Gasteiger partial charge in [-0.3, -0.25) is 0 Å². The van der Waals surface area contributed by atoms with Crippen LogP contribution < -0.4 is 9.80 Å². The molecule has 1 aromatic heterocycles. The number of furan rings is 1. The summed E-state index contributed by atoms with van der Waals surface area (Å²) in [6.45, 7) is 27.4. The minimum atomic E-state index is -0.618. The fourth-order valence-electron chi connectivity index (χ4n) is 13.7. The number of anilines is 6. The van der Waals surface area contributed by atoms with Gasteiger partial charge in [-0.05, 0) is 190 Å². The number of fused-ring (bicyclic) bond motifs is 17. The smallest absolute Gasteiger partial charge is 0.145 e. The molecule has 1 spiro atoms. The average Bonchev–Trinajstić information content (AvgIpc) is 1.68. The van der Waals surface area contributed by atoms with Crippen molar-refractivity contribution >= 4 is 77.6 Å². The Labute approximate surface area is 484 Å². The Morgan fingerprint density at radius 3 is 1.27 bits per heavy atom. The van der Waals surface area contributed by atoms with Crippen LogP contribution in [0.15, 0.2) is 223 Å². The van der Waals surface area contributed by atoms with Crippen LogP contribution in [0.4, 0.5) is 34.1 Å². The van der Waals surface area contributed by atoms with Crippen LogP contribution in [0.2, 0.25) is 0 Å². The van der Waals surface area contributed by atoms with E-state index in [-0.39, 0.29) is 21.7 Å². The lowest BCUT2D eigenvalue weighted by atomic mass is 9.69. The molecule has 11 aromatic carbocycles. The average molecular weight is 1070 g/mol. The Kier molecular flexibility index (Phi) is 11.4. The summed E-state index contributed by atoms with van der Waals surface area (Å²) >= 11 is 0. The van der Waals surface area contributed by atoms with Gasteiger partial charge in [0.1, 0.15) is 11.2 Å². The molecule has 0 unspecified atom stereocenters. The number of rotatable bonds is 6. The fraction of sp³-hybridized carbons (Fsp3) is 0.215. The summed E-state index contributed by atoms with van der Waals surface area (Å²) in [5, 5.41) is 6.88. The minimum Gasteiger partial charge on any atom is -0.455 e. The molecule has 404 valence electrons. The molecule has 3 nitrogen and oxygen atoms in total. The van der Waals surface area contributed by atoms with Crippen molar-refractivity contribution < 1.29 is 4.42 Å². The van der Waals surface area contributed by atoms with Crippen LogP contribution in [0.1, 0.15) is 128 Å². The molecule has 14 rings (SSSR count). The van der Waals surface area contributed by atoms with E-state index in [1.165, 1.54) is 77.5 Å². The van der Waals surface area contributed by atoms with Crippen molar-refractivity contribution in [3.8, 4) is 22.3 Å². The van der Waals surface area contributed by atoms with Gasteiger partial charge in [-0.2, -0.15) is 0 Å². The molecule has 12 aromatic rings. The van der Waals surface area contributed by atoms with E-state index in [1.54, 1.807) is 0 Å². The zero-order valence-electron chi connectivity index (χ0n) is 49.6. The monoisotopic (exact) mass is 1060 g/mol. The van der Waals surface area contributed by atoms with Gasteiger partial charge in [0.25, 0.3) is 0 Å². The summed E-state index contributed by atoms with van der Waals surface area (Å²) in [6, 6.07) is 83.2. The lowest BCUT2D eigenvalue weighted by Crippen LogP contribution is -2.26. The second-order valence-electron chi connectivity index (χ2n) is 27.4. The molecule has 0 saturated carbocycles. The van der Waals surface area contributed by atoms with Crippen LogP contribution in [0.3, 0.4) is 0 Å². The molecule has 0 bridgehead atoms. The van der Waals surface area contributed by atoms with Gasteiger partial charge in [0.05, 0.1) is 16.5 Å². The zero-order chi connectivity index (χ0) is 56.8. The van der Waals surface area contributed by atoms with E-state index >= 15 is 0 Å². The first kappa shape index (κ1) is 51.5. The summed E-state index contributed by atoms with van der Waals surface area (Å²) < 4.78 is 7.23. The largest absolute Gasteiger partial charge is 0.455 e. The molecular formula is C79H72N2O. The van der Waals surface area contributed by atoms with E-state index < -0.39 is 5.41 Å². The van der Waals surface area contributed by atoms with Crippen molar-refractivity contribution in [3.63, 3.8) is 0 Å². The number of para-hydroxylation sites is 1. The zero-order valence-corrected chi connectivity index (χ0v) is 49.6. The standard InChI is InChI=1S/C79H72N2O/c1-75(2,3)51-26-34-55(35-27-51)80(56-36-28-52(29-37-56)76(4,5)6)59-42-44-60-49(45-59)25-43-63-66-48-65-50(46-69(66)79(73(60)63)67-22-16-13-19-61(67)62-20-14-17-23-68(62)79)47-70(72-64-21-15-18-24-71(64)82-74(65)72)81(57-38-30-53(31-39-57)77(7,8)9)58-40-32-54(33-41-58)78(10,11)12/h13-48H,1-12H3. The Morgan fingerprint density at radius 1 is 0.317 bits per heavy atom. The van der Waals surface area contributed by atoms with Crippen molar-refractivity contribution in [1.29, 1.82) is 0 Å². The molecule has 0 amide bonds. The minimum absolute atomic E-state index is 0.00584. The molecule has 0 radical (unpaired) electrons. The van der Waals surface area contributed by atoms with E-state index in [9.17, 15) is 0 Å². The van der Waals surface area contributed by atoms with E-state index in [4.69, 9.17) is 4.42 Å². The number of hydrogen-bond acceptors (Lipinski definition) is 3. The van der Waals surface area contributed by atoms with E-state index in [2.05, 4.69) is 311 Å². The molecule has 2 aliphatic carbocycles. The summed E-state index contributed by atoms with van der Waals surface area (Å²) in [5.74, 6) is 0.